The summed E-state index contributed by atoms with van der Waals surface area (Å²) in [5.74, 6) is 0.851. The van der Waals surface area contributed by atoms with E-state index in [1.165, 1.54) is 19.3 Å². The van der Waals surface area contributed by atoms with Crippen molar-refractivity contribution in [2.24, 2.45) is 11.3 Å². The second kappa shape index (κ2) is 5.21. The quantitative estimate of drug-likeness (QED) is 0.869. The van der Waals surface area contributed by atoms with Crippen molar-refractivity contribution in [2.75, 3.05) is 6.54 Å². The summed E-state index contributed by atoms with van der Waals surface area (Å²) in [5, 5.41) is 3.70. The van der Waals surface area contributed by atoms with Gasteiger partial charge in [-0.05, 0) is 30.6 Å². The van der Waals surface area contributed by atoms with Gasteiger partial charge in [0, 0.05) is 31.5 Å². The first-order chi connectivity index (χ1) is 8.05. The van der Waals surface area contributed by atoms with E-state index >= 15 is 0 Å². The number of aromatic nitrogens is 2. The van der Waals surface area contributed by atoms with Crippen LogP contribution in [0.3, 0.4) is 0 Å². The van der Waals surface area contributed by atoms with Crippen LogP contribution in [0.1, 0.15) is 40.0 Å². The van der Waals surface area contributed by atoms with E-state index in [1.54, 1.807) is 0 Å². The maximum Gasteiger partial charge on any atom is 0.0946 e. The molecule has 1 N–H and O–H groups in total. The summed E-state index contributed by atoms with van der Waals surface area (Å²) in [6.07, 6.45) is 9.75. The van der Waals surface area contributed by atoms with Crippen LogP contribution in [0.4, 0.5) is 0 Å². The van der Waals surface area contributed by atoms with Crippen LogP contribution in [-0.4, -0.2) is 22.1 Å². The number of hydrogen-bond acceptors (Lipinski definition) is 2. The van der Waals surface area contributed by atoms with Crippen molar-refractivity contribution < 1.29 is 0 Å². The van der Waals surface area contributed by atoms with Gasteiger partial charge in [0.1, 0.15) is 0 Å². The first-order valence-corrected chi connectivity index (χ1v) is 6.74. The molecule has 2 unspecified atom stereocenters. The van der Waals surface area contributed by atoms with Crippen molar-refractivity contribution in [3.63, 3.8) is 0 Å². The Kier molecular flexibility index (Phi) is 3.87. The summed E-state index contributed by atoms with van der Waals surface area (Å²) in [6.45, 7) is 9.24. The maximum atomic E-state index is 4.06. The fourth-order valence-electron chi connectivity index (χ4n) is 3.32. The third-order valence-electron chi connectivity index (χ3n) is 3.75. The van der Waals surface area contributed by atoms with Gasteiger partial charge in [0.15, 0.2) is 0 Å². The summed E-state index contributed by atoms with van der Waals surface area (Å²) in [4.78, 5) is 4.06. The number of imidazole rings is 1. The van der Waals surface area contributed by atoms with E-state index < -0.39 is 0 Å². The number of rotatable bonds is 4. The van der Waals surface area contributed by atoms with Crippen molar-refractivity contribution in [3.05, 3.63) is 18.7 Å². The number of nitrogens with one attached hydrogen (secondary N) is 1. The van der Waals surface area contributed by atoms with Crippen molar-refractivity contribution in [2.45, 2.75) is 52.6 Å². The first kappa shape index (κ1) is 12.6. The van der Waals surface area contributed by atoms with Crippen LogP contribution in [0, 0.1) is 11.3 Å². The van der Waals surface area contributed by atoms with Gasteiger partial charge >= 0.3 is 0 Å². The Labute approximate surface area is 105 Å². The molecule has 17 heavy (non-hydrogen) atoms. The zero-order chi connectivity index (χ0) is 12.3. The highest BCUT2D eigenvalue weighted by Gasteiger charge is 2.31. The normalized spacial score (nSPS) is 28.2. The lowest BCUT2D eigenvalue weighted by Gasteiger charge is -2.39. The molecule has 0 radical (unpaired) electrons. The van der Waals surface area contributed by atoms with Gasteiger partial charge in [0.25, 0.3) is 0 Å². The van der Waals surface area contributed by atoms with Gasteiger partial charge in [0.2, 0.25) is 0 Å². The first-order valence-electron chi connectivity index (χ1n) is 6.74. The van der Waals surface area contributed by atoms with Crippen LogP contribution in [-0.2, 0) is 6.54 Å². The van der Waals surface area contributed by atoms with Crippen LogP contribution in [0.2, 0.25) is 0 Å². The number of nitrogens with zero attached hydrogens (tertiary/aromatic N) is 2. The summed E-state index contributed by atoms with van der Waals surface area (Å²) < 4.78 is 2.13. The third-order valence-corrected chi connectivity index (χ3v) is 3.75. The third kappa shape index (κ3) is 3.84. The second-order valence-electron chi connectivity index (χ2n) is 6.36. The van der Waals surface area contributed by atoms with Gasteiger partial charge in [-0.3, -0.25) is 0 Å². The molecule has 96 valence electrons. The predicted molar refractivity (Wildman–Crippen MR) is 70.8 cm³/mol. The minimum atomic E-state index is 0.504. The zero-order valence-electron chi connectivity index (χ0n) is 11.3. The van der Waals surface area contributed by atoms with Gasteiger partial charge in [-0.15, -0.1) is 0 Å². The average molecular weight is 235 g/mol. The van der Waals surface area contributed by atoms with Crippen LogP contribution >= 0.6 is 0 Å². The molecule has 0 amide bonds. The fourth-order valence-corrected chi connectivity index (χ4v) is 3.32. The van der Waals surface area contributed by atoms with E-state index in [0.29, 0.717) is 11.5 Å². The van der Waals surface area contributed by atoms with Crippen molar-refractivity contribution in [3.8, 4) is 0 Å². The summed E-state index contributed by atoms with van der Waals surface area (Å²) >= 11 is 0. The fraction of sp³-hybridized carbons (Fsp3) is 0.786. The predicted octanol–water partition coefficient (Wildman–Crippen LogP) is 2.69. The Morgan fingerprint density at radius 1 is 1.41 bits per heavy atom. The monoisotopic (exact) mass is 235 g/mol. The van der Waals surface area contributed by atoms with Crippen molar-refractivity contribution in [1.29, 1.82) is 0 Å². The molecule has 1 fully saturated rings. The smallest absolute Gasteiger partial charge is 0.0946 e. The molecule has 0 spiro atoms. The van der Waals surface area contributed by atoms with Crippen LogP contribution in [0.15, 0.2) is 18.7 Å². The minimum absolute atomic E-state index is 0.504. The van der Waals surface area contributed by atoms with Gasteiger partial charge in [-0.1, -0.05) is 20.8 Å². The summed E-state index contributed by atoms with van der Waals surface area (Å²) in [5.41, 5.74) is 0.504. The molecule has 1 aromatic rings. The van der Waals surface area contributed by atoms with Crippen LogP contribution < -0.4 is 5.32 Å². The Morgan fingerprint density at radius 3 is 2.88 bits per heavy atom. The molecular weight excluding hydrogens is 210 g/mol. The Hall–Kier alpha value is -0.830. The standard InChI is InChI=1S/C14H25N3/c1-12-8-13(10-14(2,3)9-12)16-5-7-17-6-4-15-11-17/h4,6,11-13,16H,5,7-10H2,1-3H3. The Balaban J connectivity index is 1.75. The van der Waals surface area contributed by atoms with Gasteiger partial charge in [-0.2, -0.15) is 0 Å². The molecule has 2 rings (SSSR count). The van der Waals surface area contributed by atoms with Gasteiger partial charge in [-0.25, -0.2) is 4.98 Å². The van der Waals surface area contributed by atoms with E-state index in [1.807, 2.05) is 18.7 Å². The molecule has 3 nitrogen and oxygen atoms in total. The Bertz CT molecular complexity index is 329. The SMILES string of the molecule is CC1CC(NCCn2ccnc2)CC(C)(C)C1. The molecule has 0 saturated heterocycles. The van der Waals surface area contributed by atoms with E-state index in [0.717, 1.165) is 19.0 Å². The summed E-state index contributed by atoms with van der Waals surface area (Å²) in [6, 6.07) is 0.692. The second-order valence-corrected chi connectivity index (χ2v) is 6.36. The number of hydrogen-bond donors (Lipinski definition) is 1. The highest BCUT2D eigenvalue weighted by Crippen LogP contribution is 2.38. The van der Waals surface area contributed by atoms with E-state index in [-0.39, 0.29) is 0 Å². The van der Waals surface area contributed by atoms with Crippen molar-refractivity contribution >= 4 is 0 Å². The largest absolute Gasteiger partial charge is 0.336 e. The average Bonchev–Trinajstić information content (AvgIpc) is 2.67. The highest BCUT2D eigenvalue weighted by molar-refractivity contribution is 4.86. The molecule has 1 heterocycles. The van der Waals surface area contributed by atoms with Gasteiger partial charge < -0.3 is 9.88 Å². The molecule has 0 aromatic carbocycles. The molecule has 1 saturated carbocycles. The van der Waals surface area contributed by atoms with Crippen LogP contribution in [0.5, 0.6) is 0 Å². The van der Waals surface area contributed by atoms with Crippen LogP contribution in [0.25, 0.3) is 0 Å². The molecular formula is C14H25N3. The highest BCUT2D eigenvalue weighted by atomic mass is 15.0. The molecule has 1 aromatic heterocycles. The zero-order valence-corrected chi connectivity index (χ0v) is 11.3. The maximum absolute atomic E-state index is 4.06. The lowest BCUT2D eigenvalue weighted by atomic mass is 9.70. The summed E-state index contributed by atoms with van der Waals surface area (Å²) in [7, 11) is 0. The topological polar surface area (TPSA) is 29.9 Å². The molecule has 0 bridgehead atoms. The molecule has 1 aliphatic carbocycles. The van der Waals surface area contributed by atoms with E-state index in [4.69, 9.17) is 0 Å². The molecule has 3 heteroatoms. The molecule has 0 aliphatic heterocycles. The minimum Gasteiger partial charge on any atom is -0.336 e. The molecule has 2 atom stereocenters. The van der Waals surface area contributed by atoms with E-state index in [2.05, 4.69) is 35.6 Å². The van der Waals surface area contributed by atoms with Gasteiger partial charge in [0.05, 0.1) is 6.33 Å². The lowest BCUT2D eigenvalue weighted by molar-refractivity contribution is 0.151. The van der Waals surface area contributed by atoms with E-state index in [9.17, 15) is 0 Å². The Morgan fingerprint density at radius 2 is 2.24 bits per heavy atom. The lowest BCUT2D eigenvalue weighted by Crippen LogP contribution is -2.41. The van der Waals surface area contributed by atoms with Crippen molar-refractivity contribution in [1.82, 2.24) is 14.9 Å². The molecule has 1 aliphatic rings.